The summed E-state index contributed by atoms with van der Waals surface area (Å²) in [5, 5.41) is 6.66. The van der Waals surface area contributed by atoms with Gasteiger partial charge in [-0.15, -0.1) is 0 Å². The van der Waals surface area contributed by atoms with E-state index in [0.717, 1.165) is 83.7 Å². The molecule has 2 aliphatic heterocycles. The average Bonchev–Trinajstić information content (AvgIpc) is 2.76. The van der Waals surface area contributed by atoms with E-state index in [0.29, 0.717) is 0 Å². The monoisotopic (exact) mass is 446 g/mol. The lowest BCUT2D eigenvalue weighted by Gasteiger charge is -2.62. The van der Waals surface area contributed by atoms with Crippen molar-refractivity contribution in [2.24, 2.45) is 22.7 Å². The molecule has 6 fully saturated rings. The minimum absolute atomic E-state index is 0.117. The zero-order valence-electron chi connectivity index (χ0n) is 20.1. The normalized spacial score (nSPS) is 37.6. The number of likely N-dealkylation sites (N-methyl/N-ethyl adjacent to an activating group) is 2. The summed E-state index contributed by atoms with van der Waals surface area (Å²) in [4.78, 5) is 34.2. The second-order valence-corrected chi connectivity index (χ2v) is 11.9. The van der Waals surface area contributed by atoms with E-state index < -0.39 is 0 Å². The zero-order valence-corrected chi connectivity index (χ0v) is 20.1. The van der Waals surface area contributed by atoms with Crippen molar-refractivity contribution in [3.8, 4) is 0 Å². The largest absolute Gasteiger partial charge is 0.337 e. The highest BCUT2D eigenvalue weighted by atomic mass is 16.2. The van der Waals surface area contributed by atoms with E-state index in [-0.39, 0.29) is 22.9 Å². The Morgan fingerprint density at radius 1 is 0.688 bits per heavy atom. The third kappa shape index (κ3) is 4.58. The van der Waals surface area contributed by atoms with E-state index in [1.807, 2.05) is 9.80 Å². The van der Waals surface area contributed by atoms with Gasteiger partial charge in [-0.1, -0.05) is 0 Å². The van der Waals surface area contributed by atoms with E-state index in [1.165, 1.54) is 32.1 Å². The fourth-order valence-electron chi connectivity index (χ4n) is 7.83. The first-order chi connectivity index (χ1) is 15.3. The molecule has 4 bridgehead atoms. The summed E-state index contributed by atoms with van der Waals surface area (Å²) in [5.41, 5.74) is 0.454. The molecular weight excluding hydrogens is 404 g/mol. The third-order valence-electron chi connectivity index (χ3n) is 9.11. The molecule has 0 radical (unpaired) electrons. The highest BCUT2D eigenvalue weighted by molar-refractivity contribution is 5.74. The van der Waals surface area contributed by atoms with Crippen LogP contribution in [0.1, 0.15) is 38.5 Å². The van der Waals surface area contributed by atoms with Gasteiger partial charge in [0.05, 0.1) is 0 Å². The van der Waals surface area contributed by atoms with E-state index in [9.17, 15) is 9.59 Å². The molecule has 2 heterocycles. The Bertz CT molecular complexity index is 643. The molecule has 4 aliphatic carbocycles. The Morgan fingerprint density at radius 3 is 1.44 bits per heavy atom. The molecule has 0 spiro atoms. The summed E-state index contributed by atoms with van der Waals surface area (Å²) in [7, 11) is 4.24. The fourth-order valence-corrected chi connectivity index (χ4v) is 7.83. The van der Waals surface area contributed by atoms with Gasteiger partial charge in [-0.05, 0) is 75.3 Å². The van der Waals surface area contributed by atoms with E-state index in [1.54, 1.807) is 0 Å². The van der Waals surface area contributed by atoms with Crippen molar-refractivity contribution in [2.75, 3.05) is 79.5 Å². The number of nitrogens with zero attached hydrogens (tertiary/aromatic N) is 4. The van der Waals surface area contributed by atoms with Crippen LogP contribution in [0.5, 0.6) is 0 Å². The second-order valence-electron chi connectivity index (χ2n) is 11.9. The molecule has 4 saturated carbocycles. The van der Waals surface area contributed by atoms with Crippen molar-refractivity contribution in [1.82, 2.24) is 30.2 Å². The highest BCUT2D eigenvalue weighted by Crippen LogP contribution is 2.64. The predicted molar refractivity (Wildman–Crippen MR) is 124 cm³/mol. The highest BCUT2D eigenvalue weighted by Gasteiger charge is 2.57. The van der Waals surface area contributed by atoms with Crippen LogP contribution in [0.15, 0.2) is 0 Å². The number of carbonyl (C=O) groups is 2. The molecule has 2 saturated heterocycles. The zero-order chi connectivity index (χ0) is 22.3. The van der Waals surface area contributed by atoms with Gasteiger partial charge >= 0.3 is 12.1 Å². The van der Waals surface area contributed by atoms with Gasteiger partial charge in [-0.2, -0.15) is 0 Å². The minimum Gasteiger partial charge on any atom is -0.337 e. The number of hydrogen-bond donors (Lipinski definition) is 2. The first-order valence-electron chi connectivity index (χ1n) is 12.8. The molecule has 0 aromatic rings. The van der Waals surface area contributed by atoms with Crippen molar-refractivity contribution >= 4 is 12.1 Å². The summed E-state index contributed by atoms with van der Waals surface area (Å²) in [6, 6.07) is 0.234. The van der Waals surface area contributed by atoms with Gasteiger partial charge in [0.2, 0.25) is 0 Å². The number of hydrogen-bond acceptors (Lipinski definition) is 4. The first-order valence-corrected chi connectivity index (χ1v) is 12.8. The Morgan fingerprint density at radius 2 is 1.06 bits per heavy atom. The van der Waals surface area contributed by atoms with Gasteiger partial charge in [0.25, 0.3) is 0 Å². The molecule has 8 nitrogen and oxygen atoms in total. The number of amides is 4. The SMILES string of the molecule is CN1CCN(C(=O)NCC23CC4CC(C2)CC(CNC(=O)N2CCN(C)CC2)(C4)C3)CC1. The smallest absolute Gasteiger partial charge is 0.317 e. The molecule has 0 unspecified atom stereocenters. The van der Waals surface area contributed by atoms with Crippen LogP contribution in [0, 0.1) is 22.7 Å². The maximum Gasteiger partial charge on any atom is 0.317 e. The quantitative estimate of drug-likeness (QED) is 0.686. The lowest BCUT2D eigenvalue weighted by Crippen LogP contribution is -2.60. The molecule has 0 aromatic heterocycles. The average molecular weight is 447 g/mol. The second kappa shape index (κ2) is 8.67. The van der Waals surface area contributed by atoms with Gasteiger partial charge in [0, 0.05) is 65.4 Å². The van der Waals surface area contributed by atoms with Crippen LogP contribution >= 0.6 is 0 Å². The van der Waals surface area contributed by atoms with Crippen LogP contribution in [-0.4, -0.2) is 111 Å². The molecule has 6 aliphatic rings. The van der Waals surface area contributed by atoms with E-state index >= 15 is 0 Å². The standard InChI is InChI=1S/C24H42N6O2/c1-27-3-7-29(8-4-27)21(31)25-17-23-12-19-11-20(13-23)15-24(14-19,16-23)18-26-22(32)30-9-5-28(2)6-10-30/h19-20H,3-18H2,1-2H3,(H,25,31)(H,26,32). The maximum atomic E-state index is 12.8. The van der Waals surface area contributed by atoms with Crippen LogP contribution in [0.25, 0.3) is 0 Å². The summed E-state index contributed by atoms with van der Waals surface area (Å²) in [6.45, 7) is 8.73. The Hall–Kier alpha value is -1.54. The van der Waals surface area contributed by atoms with Gasteiger partial charge in [0.15, 0.2) is 0 Å². The van der Waals surface area contributed by atoms with Crippen LogP contribution in [-0.2, 0) is 0 Å². The Balaban J connectivity index is 1.17. The van der Waals surface area contributed by atoms with Gasteiger partial charge in [0.1, 0.15) is 0 Å². The molecule has 6 rings (SSSR count). The van der Waals surface area contributed by atoms with E-state index in [4.69, 9.17) is 0 Å². The number of nitrogens with one attached hydrogen (secondary N) is 2. The number of rotatable bonds is 4. The van der Waals surface area contributed by atoms with Crippen LogP contribution < -0.4 is 10.6 Å². The van der Waals surface area contributed by atoms with Crippen LogP contribution in [0.2, 0.25) is 0 Å². The fraction of sp³-hybridized carbons (Fsp3) is 0.917. The van der Waals surface area contributed by atoms with Crippen LogP contribution in [0.3, 0.4) is 0 Å². The minimum atomic E-state index is 0.117. The van der Waals surface area contributed by atoms with Gasteiger partial charge in [-0.25, -0.2) is 9.59 Å². The number of piperazine rings is 2. The van der Waals surface area contributed by atoms with Crippen molar-refractivity contribution in [2.45, 2.75) is 38.5 Å². The van der Waals surface area contributed by atoms with Crippen molar-refractivity contribution in [3.63, 3.8) is 0 Å². The summed E-state index contributed by atoms with van der Waals surface area (Å²) < 4.78 is 0. The number of carbonyl (C=O) groups excluding carboxylic acids is 2. The molecule has 32 heavy (non-hydrogen) atoms. The summed E-state index contributed by atoms with van der Waals surface area (Å²) in [5.74, 6) is 1.52. The topological polar surface area (TPSA) is 71.2 Å². The number of urea groups is 2. The van der Waals surface area contributed by atoms with Gasteiger partial charge < -0.3 is 30.2 Å². The molecule has 180 valence electrons. The molecular formula is C24H42N6O2. The lowest BCUT2D eigenvalue weighted by atomic mass is 9.44. The summed E-state index contributed by atoms with van der Waals surface area (Å²) >= 11 is 0. The van der Waals surface area contributed by atoms with Gasteiger partial charge in [-0.3, -0.25) is 0 Å². The predicted octanol–water partition coefficient (Wildman–Crippen LogP) is 1.49. The Kier molecular flexibility index (Phi) is 6.03. The lowest BCUT2D eigenvalue weighted by molar-refractivity contribution is -0.106. The van der Waals surface area contributed by atoms with Crippen molar-refractivity contribution in [3.05, 3.63) is 0 Å². The molecule has 2 N–H and O–H groups in total. The molecule has 0 aromatic carbocycles. The van der Waals surface area contributed by atoms with Crippen LogP contribution in [0.4, 0.5) is 9.59 Å². The molecule has 0 atom stereocenters. The summed E-state index contributed by atoms with van der Waals surface area (Å²) in [6.07, 6.45) is 7.50. The molecule has 4 amide bonds. The van der Waals surface area contributed by atoms with Crippen molar-refractivity contribution < 1.29 is 9.59 Å². The van der Waals surface area contributed by atoms with E-state index in [2.05, 4.69) is 34.5 Å². The third-order valence-corrected chi connectivity index (χ3v) is 9.11. The first kappa shape index (κ1) is 22.3. The molecule has 8 heteroatoms. The van der Waals surface area contributed by atoms with Crippen molar-refractivity contribution in [1.29, 1.82) is 0 Å². The Labute approximate surface area is 193 Å². The maximum absolute atomic E-state index is 12.8.